The minimum Gasteiger partial charge on any atom is -0.347 e. The molecule has 2 saturated heterocycles. The van der Waals surface area contributed by atoms with Gasteiger partial charge < -0.3 is 15.0 Å². The van der Waals surface area contributed by atoms with Crippen LogP contribution in [-0.2, 0) is 24.0 Å². The SMILES string of the molecule is C[C@@]1(C(=O)NCC=O)CCCN1C(=O)CCCCCN1C(=O)CCC1=O. The number of amides is 4. The van der Waals surface area contributed by atoms with Crippen molar-refractivity contribution in [1.82, 2.24) is 15.1 Å². The van der Waals surface area contributed by atoms with Crippen molar-refractivity contribution in [2.45, 2.75) is 63.8 Å². The molecular formula is C18H27N3O5. The highest BCUT2D eigenvalue weighted by Crippen LogP contribution is 2.30. The van der Waals surface area contributed by atoms with Gasteiger partial charge in [-0.05, 0) is 32.6 Å². The summed E-state index contributed by atoms with van der Waals surface area (Å²) < 4.78 is 0. The number of likely N-dealkylation sites (tertiary alicyclic amines) is 2. The fraction of sp³-hybridized carbons (Fsp3) is 0.722. The lowest BCUT2D eigenvalue weighted by Gasteiger charge is -2.33. The summed E-state index contributed by atoms with van der Waals surface area (Å²) in [5, 5.41) is 2.55. The van der Waals surface area contributed by atoms with Crippen LogP contribution in [-0.4, -0.2) is 64.9 Å². The summed E-state index contributed by atoms with van der Waals surface area (Å²) in [7, 11) is 0. The number of carbonyl (C=O) groups excluding carboxylic acids is 5. The van der Waals surface area contributed by atoms with Crippen molar-refractivity contribution in [3.63, 3.8) is 0 Å². The van der Waals surface area contributed by atoms with E-state index in [1.165, 1.54) is 4.90 Å². The second kappa shape index (κ2) is 8.91. The number of nitrogens with zero attached hydrogens (tertiary/aromatic N) is 2. The molecule has 2 aliphatic heterocycles. The van der Waals surface area contributed by atoms with E-state index in [4.69, 9.17) is 0 Å². The average molecular weight is 365 g/mol. The van der Waals surface area contributed by atoms with Crippen LogP contribution in [0, 0.1) is 0 Å². The monoisotopic (exact) mass is 365 g/mol. The Hall–Kier alpha value is -2.25. The lowest BCUT2D eigenvalue weighted by molar-refractivity contribution is -0.144. The quantitative estimate of drug-likeness (QED) is 0.362. The van der Waals surface area contributed by atoms with E-state index in [-0.39, 0.29) is 30.2 Å². The van der Waals surface area contributed by atoms with E-state index in [1.807, 2.05) is 0 Å². The molecule has 0 spiro atoms. The van der Waals surface area contributed by atoms with Gasteiger partial charge in [-0.2, -0.15) is 0 Å². The Balaban J connectivity index is 1.74. The Kier molecular flexibility index (Phi) is 6.88. The summed E-state index contributed by atoms with van der Waals surface area (Å²) in [4.78, 5) is 61.2. The van der Waals surface area contributed by atoms with Crippen molar-refractivity contribution in [2.75, 3.05) is 19.6 Å². The second-order valence-electron chi connectivity index (χ2n) is 7.05. The summed E-state index contributed by atoms with van der Waals surface area (Å²) in [5.74, 6) is -0.582. The Bertz CT molecular complexity index is 575. The van der Waals surface area contributed by atoms with E-state index >= 15 is 0 Å². The molecule has 0 saturated carbocycles. The van der Waals surface area contributed by atoms with Gasteiger partial charge in [0.15, 0.2) is 0 Å². The van der Waals surface area contributed by atoms with Crippen LogP contribution in [0.3, 0.4) is 0 Å². The molecular weight excluding hydrogens is 338 g/mol. The van der Waals surface area contributed by atoms with Crippen LogP contribution < -0.4 is 5.32 Å². The van der Waals surface area contributed by atoms with Gasteiger partial charge in [0, 0.05) is 32.4 Å². The van der Waals surface area contributed by atoms with Crippen molar-refractivity contribution in [3.8, 4) is 0 Å². The zero-order valence-corrected chi connectivity index (χ0v) is 15.3. The number of hydrogen-bond donors (Lipinski definition) is 1. The van der Waals surface area contributed by atoms with Gasteiger partial charge >= 0.3 is 0 Å². The molecule has 144 valence electrons. The minimum atomic E-state index is -0.894. The average Bonchev–Trinajstić information content (AvgIpc) is 3.16. The highest BCUT2D eigenvalue weighted by atomic mass is 16.2. The Morgan fingerprint density at radius 3 is 2.50 bits per heavy atom. The summed E-state index contributed by atoms with van der Waals surface area (Å²) in [6, 6.07) is 0. The molecule has 1 atom stereocenters. The predicted octanol–water partition coefficient (Wildman–Crippen LogP) is 0.392. The van der Waals surface area contributed by atoms with Crippen LogP contribution in [0.15, 0.2) is 0 Å². The highest BCUT2D eigenvalue weighted by molar-refractivity contribution is 6.01. The molecule has 0 aromatic rings. The molecule has 2 aliphatic rings. The molecule has 8 heteroatoms. The molecule has 0 aliphatic carbocycles. The first kappa shape index (κ1) is 20.1. The van der Waals surface area contributed by atoms with Gasteiger partial charge in [-0.1, -0.05) is 6.42 Å². The van der Waals surface area contributed by atoms with Gasteiger partial charge in [-0.25, -0.2) is 0 Å². The number of aldehydes is 1. The number of hydrogen-bond acceptors (Lipinski definition) is 5. The molecule has 2 rings (SSSR count). The molecule has 2 heterocycles. The lowest BCUT2D eigenvalue weighted by atomic mass is 9.97. The molecule has 0 radical (unpaired) electrons. The molecule has 1 N–H and O–H groups in total. The largest absolute Gasteiger partial charge is 0.347 e. The van der Waals surface area contributed by atoms with E-state index < -0.39 is 5.54 Å². The van der Waals surface area contributed by atoms with Crippen molar-refractivity contribution < 1.29 is 24.0 Å². The summed E-state index contributed by atoms with van der Waals surface area (Å²) in [6.07, 6.45) is 4.98. The third kappa shape index (κ3) is 4.47. The van der Waals surface area contributed by atoms with Crippen molar-refractivity contribution in [1.29, 1.82) is 0 Å². The molecule has 0 aromatic heterocycles. The number of rotatable bonds is 9. The summed E-state index contributed by atoms with van der Waals surface area (Å²) in [5.41, 5.74) is -0.894. The Labute approximate surface area is 153 Å². The van der Waals surface area contributed by atoms with Gasteiger partial charge in [0.1, 0.15) is 11.8 Å². The molecule has 8 nitrogen and oxygen atoms in total. The maximum absolute atomic E-state index is 12.5. The topological polar surface area (TPSA) is 104 Å². The van der Waals surface area contributed by atoms with Gasteiger partial charge in [0.2, 0.25) is 23.6 Å². The highest BCUT2D eigenvalue weighted by Gasteiger charge is 2.45. The van der Waals surface area contributed by atoms with Gasteiger partial charge in [0.05, 0.1) is 6.54 Å². The Morgan fingerprint density at radius 2 is 1.85 bits per heavy atom. The van der Waals surface area contributed by atoms with Crippen LogP contribution in [0.25, 0.3) is 0 Å². The molecule has 2 fully saturated rings. The van der Waals surface area contributed by atoms with Crippen LogP contribution in [0.1, 0.15) is 58.3 Å². The maximum atomic E-state index is 12.5. The molecule has 4 amide bonds. The fourth-order valence-corrected chi connectivity index (χ4v) is 3.65. The zero-order chi connectivity index (χ0) is 19.2. The lowest BCUT2D eigenvalue weighted by Crippen LogP contribution is -2.55. The first-order chi connectivity index (χ1) is 12.4. The normalized spacial score (nSPS) is 22.8. The van der Waals surface area contributed by atoms with Gasteiger partial charge in [0.25, 0.3) is 0 Å². The number of unbranched alkanes of at least 4 members (excludes halogenated alkanes) is 2. The third-order valence-corrected chi connectivity index (χ3v) is 5.20. The second-order valence-corrected chi connectivity index (χ2v) is 7.05. The maximum Gasteiger partial charge on any atom is 0.246 e. The summed E-state index contributed by atoms with van der Waals surface area (Å²) >= 11 is 0. The van der Waals surface area contributed by atoms with Crippen molar-refractivity contribution in [2.24, 2.45) is 0 Å². The van der Waals surface area contributed by atoms with Crippen molar-refractivity contribution >= 4 is 29.9 Å². The molecule has 0 aromatic carbocycles. The van der Waals surface area contributed by atoms with E-state index in [0.29, 0.717) is 57.9 Å². The molecule has 0 unspecified atom stereocenters. The van der Waals surface area contributed by atoms with Crippen molar-refractivity contribution in [3.05, 3.63) is 0 Å². The molecule has 26 heavy (non-hydrogen) atoms. The van der Waals surface area contributed by atoms with Gasteiger partial charge in [-0.15, -0.1) is 0 Å². The van der Waals surface area contributed by atoms with Gasteiger partial charge in [-0.3, -0.25) is 24.1 Å². The van der Waals surface area contributed by atoms with E-state index in [0.717, 1.165) is 12.8 Å². The smallest absolute Gasteiger partial charge is 0.246 e. The fourth-order valence-electron chi connectivity index (χ4n) is 3.65. The van der Waals surface area contributed by atoms with Crippen LogP contribution >= 0.6 is 0 Å². The predicted molar refractivity (Wildman–Crippen MR) is 92.8 cm³/mol. The number of nitrogens with one attached hydrogen (secondary N) is 1. The van der Waals surface area contributed by atoms with Crippen LogP contribution in [0.4, 0.5) is 0 Å². The zero-order valence-electron chi connectivity index (χ0n) is 15.3. The van der Waals surface area contributed by atoms with E-state index in [9.17, 15) is 24.0 Å². The standard InChI is InChI=1S/C18H27N3O5/c1-18(17(26)19-10-13-22)9-5-12-21(18)16(25)6-3-2-4-11-20-14(23)7-8-15(20)24/h13H,2-12H2,1H3,(H,19,26)/t18-/m0/s1. The van der Waals surface area contributed by atoms with Crippen LogP contribution in [0.2, 0.25) is 0 Å². The summed E-state index contributed by atoms with van der Waals surface area (Å²) in [6.45, 7) is 2.65. The number of carbonyl (C=O) groups is 5. The first-order valence-electron chi connectivity index (χ1n) is 9.26. The van der Waals surface area contributed by atoms with E-state index in [1.54, 1.807) is 11.8 Å². The van der Waals surface area contributed by atoms with E-state index in [2.05, 4.69) is 5.32 Å². The third-order valence-electron chi connectivity index (χ3n) is 5.20. The Morgan fingerprint density at radius 1 is 1.15 bits per heavy atom. The van der Waals surface area contributed by atoms with Crippen LogP contribution in [0.5, 0.6) is 0 Å². The first-order valence-corrected chi connectivity index (χ1v) is 9.26. The molecule has 0 bridgehead atoms. The number of imide groups is 1. The minimum absolute atomic E-state index is 0.0512.